The molecule has 0 amide bonds. The maximum Gasteiger partial charge on any atom is 0.359 e. The molecule has 3 rings (SSSR count). The SMILES string of the molecule is Cc1cc(COC(=O)c2ccc(=O)n(CCOc3ccccc3)n2)no1. The van der Waals surface area contributed by atoms with Crippen LogP contribution in [-0.4, -0.2) is 27.5 Å². The molecule has 0 aliphatic carbocycles. The molecule has 0 N–H and O–H groups in total. The Morgan fingerprint density at radius 2 is 2.00 bits per heavy atom. The molecule has 0 aliphatic rings. The summed E-state index contributed by atoms with van der Waals surface area (Å²) >= 11 is 0. The van der Waals surface area contributed by atoms with Crippen LogP contribution < -0.4 is 10.3 Å². The molecule has 0 saturated carbocycles. The van der Waals surface area contributed by atoms with Crippen LogP contribution in [0.4, 0.5) is 0 Å². The highest BCUT2D eigenvalue weighted by molar-refractivity contribution is 5.86. The molecule has 0 bridgehead atoms. The minimum Gasteiger partial charge on any atom is -0.492 e. The van der Waals surface area contributed by atoms with Gasteiger partial charge in [0.2, 0.25) is 0 Å². The topological polar surface area (TPSA) is 96.5 Å². The van der Waals surface area contributed by atoms with Crippen molar-refractivity contribution in [1.29, 1.82) is 0 Å². The average molecular weight is 355 g/mol. The molecule has 0 aliphatic heterocycles. The number of rotatable bonds is 7. The number of hydrogen-bond donors (Lipinski definition) is 0. The molecule has 0 saturated heterocycles. The number of aromatic nitrogens is 3. The number of hydrogen-bond acceptors (Lipinski definition) is 7. The van der Waals surface area contributed by atoms with E-state index in [4.69, 9.17) is 14.0 Å². The number of carbonyl (C=O) groups is 1. The van der Waals surface area contributed by atoms with Gasteiger partial charge in [-0.05, 0) is 25.1 Å². The van der Waals surface area contributed by atoms with Crippen molar-refractivity contribution in [2.45, 2.75) is 20.1 Å². The van der Waals surface area contributed by atoms with Crippen molar-refractivity contribution in [1.82, 2.24) is 14.9 Å². The molecular weight excluding hydrogens is 338 g/mol. The van der Waals surface area contributed by atoms with E-state index >= 15 is 0 Å². The second-order valence-corrected chi connectivity index (χ2v) is 5.45. The Morgan fingerprint density at radius 3 is 2.73 bits per heavy atom. The monoisotopic (exact) mass is 355 g/mol. The van der Waals surface area contributed by atoms with Crippen LogP contribution in [0.15, 0.2) is 57.8 Å². The zero-order chi connectivity index (χ0) is 18.4. The second kappa shape index (κ2) is 8.11. The van der Waals surface area contributed by atoms with Crippen LogP contribution in [0.5, 0.6) is 5.75 Å². The van der Waals surface area contributed by atoms with E-state index in [2.05, 4.69) is 10.3 Å². The van der Waals surface area contributed by atoms with Crippen LogP contribution in [0, 0.1) is 6.92 Å². The van der Waals surface area contributed by atoms with E-state index < -0.39 is 5.97 Å². The van der Waals surface area contributed by atoms with E-state index in [1.54, 1.807) is 13.0 Å². The zero-order valence-electron chi connectivity index (χ0n) is 14.1. The number of para-hydroxylation sites is 1. The summed E-state index contributed by atoms with van der Waals surface area (Å²) in [5.74, 6) is 0.670. The molecule has 0 radical (unpaired) electrons. The van der Waals surface area contributed by atoms with E-state index in [1.807, 2.05) is 30.3 Å². The van der Waals surface area contributed by atoms with E-state index in [1.165, 1.54) is 16.8 Å². The van der Waals surface area contributed by atoms with Gasteiger partial charge in [0.05, 0.1) is 6.54 Å². The number of esters is 1. The third-order valence-corrected chi connectivity index (χ3v) is 3.42. The van der Waals surface area contributed by atoms with Gasteiger partial charge in [-0.2, -0.15) is 5.10 Å². The van der Waals surface area contributed by atoms with Crippen LogP contribution in [-0.2, 0) is 17.9 Å². The molecular formula is C18H17N3O5. The number of carbonyl (C=O) groups excluding carboxylic acids is 1. The number of benzene rings is 1. The van der Waals surface area contributed by atoms with Gasteiger partial charge in [0, 0.05) is 12.1 Å². The van der Waals surface area contributed by atoms with Gasteiger partial charge in [-0.3, -0.25) is 4.79 Å². The standard InChI is InChI=1S/C18H17N3O5/c1-13-11-14(20-26-13)12-25-18(23)16-7-8-17(22)21(19-16)9-10-24-15-5-3-2-4-6-15/h2-8,11H,9-10,12H2,1H3. The van der Waals surface area contributed by atoms with Crippen molar-refractivity contribution in [3.63, 3.8) is 0 Å². The van der Waals surface area contributed by atoms with Gasteiger partial charge >= 0.3 is 5.97 Å². The Morgan fingerprint density at radius 1 is 1.19 bits per heavy atom. The average Bonchev–Trinajstić information content (AvgIpc) is 3.07. The molecule has 8 heteroatoms. The van der Waals surface area contributed by atoms with Gasteiger partial charge in [0.25, 0.3) is 5.56 Å². The van der Waals surface area contributed by atoms with Crippen LogP contribution in [0.2, 0.25) is 0 Å². The summed E-state index contributed by atoms with van der Waals surface area (Å²) in [6.07, 6.45) is 0. The largest absolute Gasteiger partial charge is 0.492 e. The highest BCUT2D eigenvalue weighted by Gasteiger charge is 2.12. The van der Waals surface area contributed by atoms with Crippen molar-refractivity contribution in [2.75, 3.05) is 6.61 Å². The van der Waals surface area contributed by atoms with Crippen LogP contribution in [0.25, 0.3) is 0 Å². The lowest BCUT2D eigenvalue weighted by Gasteiger charge is -2.08. The van der Waals surface area contributed by atoms with Crippen molar-refractivity contribution in [3.8, 4) is 5.75 Å². The fraction of sp³-hybridized carbons (Fsp3) is 0.222. The Balaban J connectivity index is 1.59. The molecule has 1 aromatic carbocycles. The van der Waals surface area contributed by atoms with Crippen molar-refractivity contribution in [2.24, 2.45) is 0 Å². The normalized spacial score (nSPS) is 10.5. The summed E-state index contributed by atoms with van der Waals surface area (Å²) in [4.78, 5) is 24.0. The van der Waals surface area contributed by atoms with E-state index in [0.717, 1.165) is 0 Å². The maximum absolute atomic E-state index is 12.1. The predicted molar refractivity (Wildman–Crippen MR) is 90.8 cm³/mol. The lowest BCUT2D eigenvalue weighted by molar-refractivity contribution is 0.0453. The molecule has 0 unspecified atom stereocenters. The molecule has 8 nitrogen and oxygen atoms in total. The Kier molecular flexibility index (Phi) is 5.43. The first kappa shape index (κ1) is 17.4. The first-order valence-corrected chi connectivity index (χ1v) is 7.97. The van der Waals surface area contributed by atoms with E-state index in [0.29, 0.717) is 17.2 Å². The first-order chi connectivity index (χ1) is 12.6. The van der Waals surface area contributed by atoms with Crippen LogP contribution in [0.1, 0.15) is 21.9 Å². The second-order valence-electron chi connectivity index (χ2n) is 5.45. The Hall–Kier alpha value is -3.42. The number of ether oxygens (including phenoxy) is 2. The van der Waals surface area contributed by atoms with E-state index in [-0.39, 0.29) is 31.0 Å². The summed E-state index contributed by atoms with van der Waals surface area (Å²) in [7, 11) is 0. The Bertz CT molecular complexity index is 933. The van der Waals surface area contributed by atoms with Crippen molar-refractivity contribution < 1.29 is 18.8 Å². The first-order valence-electron chi connectivity index (χ1n) is 7.97. The lowest BCUT2D eigenvalue weighted by Crippen LogP contribution is -2.27. The summed E-state index contributed by atoms with van der Waals surface area (Å²) in [5, 5.41) is 7.76. The maximum atomic E-state index is 12.1. The highest BCUT2D eigenvalue weighted by atomic mass is 16.5. The molecule has 0 atom stereocenters. The fourth-order valence-corrected chi connectivity index (χ4v) is 2.18. The van der Waals surface area contributed by atoms with Gasteiger partial charge in [0.1, 0.15) is 30.4 Å². The predicted octanol–water partition coefficient (Wildman–Crippen LogP) is 1.98. The number of aryl methyl sites for hydroxylation is 1. The quantitative estimate of drug-likeness (QED) is 0.598. The minimum absolute atomic E-state index is 0.0320. The molecule has 3 aromatic rings. The fourth-order valence-electron chi connectivity index (χ4n) is 2.18. The summed E-state index contributed by atoms with van der Waals surface area (Å²) in [6.45, 7) is 2.16. The third-order valence-electron chi connectivity index (χ3n) is 3.42. The van der Waals surface area contributed by atoms with Crippen LogP contribution >= 0.6 is 0 Å². The van der Waals surface area contributed by atoms with Crippen molar-refractivity contribution >= 4 is 5.97 Å². The molecule has 0 fully saturated rings. The summed E-state index contributed by atoms with van der Waals surface area (Å²) in [6, 6.07) is 13.5. The van der Waals surface area contributed by atoms with Crippen LogP contribution in [0.3, 0.4) is 0 Å². The third kappa shape index (κ3) is 4.56. The summed E-state index contributed by atoms with van der Waals surface area (Å²) in [5.41, 5.74) is 0.204. The van der Waals surface area contributed by atoms with Gasteiger partial charge in [-0.15, -0.1) is 0 Å². The number of nitrogens with zero attached hydrogens (tertiary/aromatic N) is 3. The molecule has 26 heavy (non-hydrogen) atoms. The Labute approximate surface area is 149 Å². The van der Waals surface area contributed by atoms with Gasteiger partial charge < -0.3 is 14.0 Å². The van der Waals surface area contributed by atoms with Gasteiger partial charge in [-0.25, -0.2) is 9.48 Å². The molecule has 134 valence electrons. The molecule has 0 spiro atoms. The molecule has 2 heterocycles. The summed E-state index contributed by atoms with van der Waals surface area (Å²) < 4.78 is 16.7. The van der Waals surface area contributed by atoms with Gasteiger partial charge in [0.15, 0.2) is 5.69 Å². The lowest BCUT2D eigenvalue weighted by atomic mass is 10.3. The smallest absolute Gasteiger partial charge is 0.359 e. The van der Waals surface area contributed by atoms with Crippen molar-refractivity contribution in [3.05, 3.63) is 76.0 Å². The van der Waals surface area contributed by atoms with E-state index in [9.17, 15) is 9.59 Å². The minimum atomic E-state index is -0.650. The molecule has 2 aromatic heterocycles. The zero-order valence-corrected chi connectivity index (χ0v) is 14.1. The van der Waals surface area contributed by atoms with Gasteiger partial charge in [-0.1, -0.05) is 23.4 Å². The highest BCUT2D eigenvalue weighted by Crippen LogP contribution is 2.08.